The third-order valence-electron chi connectivity index (χ3n) is 3.25. The average Bonchev–Trinajstić information content (AvgIpc) is 2.50. The smallest absolute Gasteiger partial charge is 0.244 e. The van der Waals surface area contributed by atoms with Crippen molar-refractivity contribution in [1.29, 1.82) is 0 Å². The van der Waals surface area contributed by atoms with Gasteiger partial charge >= 0.3 is 0 Å². The van der Waals surface area contributed by atoms with Gasteiger partial charge in [0.05, 0.1) is 17.4 Å². The zero-order valence-electron chi connectivity index (χ0n) is 12.9. The standard InChI is InChI=1S/C17H21N3O2/c1-3-11-17(2,18)16(21)20-13-9-10-15(19-12-13)22-14-7-5-4-6-8-14/h4-10,12H,3,11,18H2,1-2H3,(H,20,21). The Kier molecular flexibility index (Phi) is 5.12. The minimum absolute atomic E-state index is 0.215. The van der Waals surface area contributed by atoms with Crippen LogP contribution in [0.5, 0.6) is 11.6 Å². The summed E-state index contributed by atoms with van der Waals surface area (Å²) in [6.07, 6.45) is 3.03. The predicted molar refractivity (Wildman–Crippen MR) is 86.9 cm³/mol. The zero-order chi connectivity index (χ0) is 16.0. The Bertz CT molecular complexity index is 610. The van der Waals surface area contributed by atoms with Crippen LogP contribution in [0.15, 0.2) is 48.7 Å². The van der Waals surface area contributed by atoms with E-state index >= 15 is 0 Å². The van der Waals surface area contributed by atoms with E-state index in [1.54, 1.807) is 25.3 Å². The Labute approximate surface area is 130 Å². The number of nitrogens with zero attached hydrogens (tertiary/aromatic N) is 1. The largest absolute Gasteiger partial charge is 0.439 e. The monoisotopic (exact) mass is 299 g/mol. The van der Waals surface area contributed by atoms with Crippen LogP contribution in [-0.2, 0) is 4.79 Å². The maximum atomic E-state index is 12.1. The lowest BCUT2D eigenvalue weighted by Crippen LogP contribution is -2.48. The highest BCUT2D eigenvalue weighted by atomic mass is 16.5. The zero-order valence-corrected chi connectivity index (χ0v) is 12.9. The molecular formula is C17H21N3O2. The second kappa shape index (κ2) is 7.04. The lowest BCUT2D eigenvalue weighted by Gasteiger charge is -2.22. The molecule has 0 spiro atoms. The van der Waals surface area contributed by atoms with E-state index in [0.717, 1.165) is 6.42 Å². The van der Waals surface area contributed by atoms with Gasteiger partial charge in [-0.1, -0.05) is 31.5 Å². The summed E-state index contributed by atoms with van der Waals surface area (Å²) in [5.41, 5.74) is 5.71. The maximum Gasteiger partial charge on any atom is 0.244 e. The molecule has 0 radical (unpaired) electrons. The molecule has 1 heterocycles. The second-order valence-corrected chi connectivity index (χ2v) is 5.42. The molecule has 2 aromatic rings. The number of ether oxygens (including phenoxy) is 1. The fraction of sp³-hybridized carbons (Fsp3) is 0.294. The molecule has 2 rings (SSSR count). The fourth-order valence-electron chi connectivity index (χ4n) is 2.03. The third-order valence-corrected chi connectivity index (χ3v) is 3.25. The van der Waals surface area contributed by atoms with Crippen molar-refractivity contribution in [3.8, 4) is 11.6 Å². The van der Waals surface area contributed by atoms with Gasteiger partial charge in [0.1, 0.15) is 5.75 Å². The number of benzene rings is 1. The maximum absolute atomic E-state index is 12.1. The van der Waals surface area contributed by atoms with Crippen LogP contribution >= 0.6 is 0 Å². The van der Waals surface area contributed by atoms with Crippen LogP contribution in [0.25, 0.3) is 0 Å². The van der Waals surface area contributed by atoms with Gasteiger partial charge in [-0.3, -0.25) is 4.79 Å². The molecule has 5 nitrogen and oxygen atoms in total. The van der Waals surface area contributed by atoms with Crippen LogP contribution in [-0.4, -0.2) is 16.4 Å². The first kappa shape index (κ1) is 16.0. The first-order valence-corrected chi connectivity index (χ1v) is 7.30. The van der Waals surface area contributed by atoms with E-state index in [1.165, 1.54) is 0 Å². The van der Waals surface area contributed by atoms with Gasteiger partial charge in [-0.15, -0.1) is 0 Å². The van der Waals surface area contributed by atoms with Gasteiger partial charge < -0.3 is 15.8 Å². The Morgan fingerprint density at radius 3 is 2.59 bits per heavy atom. The summed E-state index contributed by atoms with van der Waals surface area (Å²) in [5, 5.41) is 2.78. The van der Waals surface area contributed by atoms with Crippen molar-refractivity contribution in [2.24, 2.45) is 5.73 Å². The molecule has 5 heteroatoms. The molecule has 116 valence electrons. The van der Waals surface area contributed by atoms with Crippen molar-refractivity contribution >= 4 is 11.6 Å². The van der Waals surface area contributed by atoms with E-state index < -0.39 is 5.54 Å². The molecule has 1 unspecified atom stereocenters. The van der Waals surface area contributed by atoms with Crippen molar-refractivity contribution in [2.45, 2.75) is 32.2 Å². The van der Waals surface area contributed by atoms with Crippen LogP contribution < -0.4 is 15.8 Å². The number of para-hydroxylation sites is 1. The van der Waals surface area contributed by atoms with Crippen LogP contribution in [0, 0.1) is 0 Å². The molecule has 0 bridgehead atoms. The highest BCUT2D eigenvalue weighted by molar-refractivity contribution is 5.97. The van der Waals surface area contributed by atoms with Crippen molar-refractivity contribution in [2.75, 3.05) is 5.32 Å². The number of nitrogens with one attached hydrogen (secondary N) is 1. The van der Waals surface area contributed by atoms with Gasteiger partial charge in [-0.25, -0.2) is 4.98 Å². The van der Waals surface area contributed by atoms with Crippen molar-refractivity contribution < 1.29 is 9.53 Å². The van der Waals surface area contributed by atoms with Crippen LogP contribution in [0.2, 0.25) is 0 Å². The van der Waals surface area contributed by atoms with E-state index in [9.17, 15) is 4.79 Å². The number of hydrogen-bond acceptors (Lipinski definition) is 4. The summed E-state index contributed by atoms with van der Waals surface area (Å²) in [4.78, 5) is 16.3. The van der Waals surface area contributed by atoms with Crippen molar-refractivity contribution in [3.63, 3.8) is 0 Å². The highest BCUT2D eigenvalue weighted by Crippen LogP contribution is 2.20. The quantitative estimate of drug-likeness (QED) is 0.857. The van der Waals surface area contributed by atoms with E-state index in [1.807, 2.05) is 37.3 Å². The summed E-state index contributed by atoms with van der Waals surface area (Å²) in [7, 11) is 0. The third kappa shape index (κ3) is 4.30. The number of rotatable bonds is 6. The van der Waals surface area contributed by atoms with E-state index in [2.05, 4.69) is 10.3 Å². The minimum atomic E-state index is -0.881. The predicted octanol–water partition coefficient (Wildman–Crippen LogP) is 3.33. The molecule has 0 saturated carbocycles. The van der Waals surface area contributed by atoms with Gasteiger partial charge in [0.25, 0.3) is 0 Å². The van der Waals surface area contributed by atoms with Gasteiger partial charge in [-0.2, -0.15) is 0 Å². The Morgan fingerprint density at radius 2 is 2.00 bits per heavy atom. The average molecular weight is 299 g/mol. The first-order valence-electron chi connectivity index (χ1n) is 7.30. The molecule has 0 fully saturated rings. The number of pyridine rings is 1. The summed E-state index contributed by atoms with van der Waals surface area (Å²) in [6, 6.07) is 12.8. The number of carbonyl (C=O) groups excluding carboxylic acids is 1. The van der Waals surface area contributed by atoms with Gasteiger partial charge in [0, 0.05) is 6.07 Å². The molecule has 0 aliphatic rings. The van der Waals surface area contributed by atoms with Crippen molar-refractivity contribution in [3.05, 3.63) is 48.7 Å². The molecule has 1 atom stereocenters. The number of carbonyl (C=O) groups is 1. The first-order chi connectivity index (χ1) is 10.5. The SMILES string of the molecule is CCCC(C)(N)C(=O)Nc1ccc(Oc2ccccc2)nc1. The summed E-state index contributed by atoms with van der Waals surface area (Å²) in [6.45, 7) is 3.72. The molecule has 1 amide bonds. The molecule has 1 aromatic carbocycles. The number of amides is 1. The molecule has 3 N–H and O–H groups in total. The minimum Gasteiger partial charge on any atom is -0.439 e. The highest BCUT2D eigenvalue weighted by Gasteiger charge is 2.27. The van der Waals surface area contributed by atoms with Gasteiger partial charge in [0.2, 0.25) is 11.8 Å². The number of nitrogens with two attached hydrogens (primary N) is 1. The van der Waals surface area contributed by atoms with Crippen LogP contribution in [0.1, 0.15) is 26.7 Å². The Hall–Kier alpha value is -2.40. The Balaban J connectivity index is 1.99. The van der Waals surface area contributed by atoms with Crippen molar-refractivity contribution in [1.82, 2.24) is 4.98 Å². The summed E-state index contributed by atoms with van der Waals surface area (Å²) < 4.78 is 5.60. The molecule has 1 aromatic heterocycles. The number of hydrogen-bond donors (Lipinski definition) is 2. The Morgan fingerprint density at radius 1 is 1.27 bits per heavy atom. The second-order valence-electron chi connectivity index (χ2n) is 5.42. The molecule has 0 aliphatic heterocycles. The normalized spacial score (nSPS) is 13.2. The summed E-state index contributed by atoms with van der Waals surface area (Å²) >= 11 is 0. The van der Waals surface area contributed by atoms with E-state index in [-0.39, 0.29) is 5.91 Å². The van der Waals surface area contributed by atoms with E-state index in [4.69, 9.17) is 10.5 Å². The van der Waals surface area contributed by atoms with E-state index in [0.29, 0.717) is 23.7 Å². The van der Waals surface area contributed by atoms with Crippen LogP contribution in [0.3, 0.4) is 0 Å². The lowest BCUT2D eigenvalue weighted by molar-refractivity contribution is -0.120. The molecular weight excluding hydrogens is 278 g/mol. The van der Waals surface area contributed by atoms with Crippen LogP contribution in [0.4, 0.5) is 5.69 Å². The van der Waals surface area contributed by atoms with Gasteiger partial charge in [0.15, 0.2) is 0 Å². The molecule has 0 aliphatic carbocycles. The number of aromatic nitrogens is 1. The fourth-order valence-corrected chi connectivity index (χ4v) is 2.03. The summed E-state index contributed by atoms with van der Waals surface area (Å²) in [5.74, 6) is 0.963. The molecule has 0 saturated heterocycles. The topological polar surface area (TPSA) is 77.2 Å². The number of anilines is 1. The van der Waals surface area contributed by atoms with Gasteiger partial charge in [-0.05, 0) is 31.5 Å². The molecule has 22 heavy (non-hydrogen) atoms. The lowest BCUT2D eigenvalue weighted by atomic mass is 9.96.